The Bertz CT molecular complexity index is 776. The van der Waals surface area contributed by atoms with Crippen LogP contribution in [0.3, 0.4) is 0 Å². The summed E-state index contributed by atoms with van der Waals surface area (Å²) in [5, 5.41) is 3.54. The monoisotopic (exact) mass is 282 g/mol. The SMILES string of the molecule is CCCNC(c1ccncc1)c1ccc2[nH]c(=O)[nH]c2c1. The molecular weight excluding hydrogens is 264 g/mol. The molecular formula is C16H18N4O. The maximum atomic E-state index is 11.4. The van der Waals surface area contributed by atoms with Gasteiger partial charge in [-0.15, -0.1) is 0 Å². The molecule has 3 rings (SSSR count). The molecule has 108 valence electrons. The number of H-pyrrole nitrogens is 2. The largest absolute Gasteiger partial charge is 0.323 e. The van der Waals surface area contributed by atoms with E-state index in [2.05, 4.69) is 27.2 Å². The van der Waals surface area contributed by atoms with Crippen LogP contribution in [0.1, 0.15) is 30.5 Å². The second-order valence-electron chi connectivity index (χ2n) is 5.05. The molecule has 3 N–H and O–H groups in total. The summed E-state index contributed by atoms with van der Waals surface area (Å²) >= 11 is 0. The van der Waals surface area contributed by atoms with Gasteiger partial charge in [-0.2, -0.15) is 0 Å². The minimum atomic E-state index is -0.177. The zero-order chi connectivity index (χ0) is 14.7. The molecule has 5 nitrogen and oxygen atoms in total. The Morgan fingerprint density at radius 2 is 1.86 bits per heavy atom. The number of hydrogen-bond acceptors (Lipinski definition) is 3. The number of nitrogens with zero attached hydrogens (tertiary/aromatic N) is 1. The first-order valence-corrected chi connectivity index (χ1v) is 7.13. The molecule has 1 unspecified atom stereocenters. The van der Waals surface area contributed by atoms with Gasteiger partial charge in [0.2, 0.25) is 0 Å². The Labute approximate surface area is 122 Å². The average Bonchev–Trinajstić information content (AvgIpc) is 2.88. The van der Waals surface area contributed by atoms with E-state index in [4.69, 9.17) is 0 Å². The predicted molar refractivity (Wildman–Crippen MR) is 83.3 cm³/mol. The molecule has 2 aromatic heterocycles. The van der Waals surface area contributed by atoms with Gasteiger partial charge >= 0.3 is 5.69 Å². The van der Waals surface area contributed by atoms with E-state index in [1.807, 2.05) is 30.3 Å². The van der Waals surface area contributed by atoms with Gasteiger partial charge in [0, 0.05) is 12.4 Å². The van der Waals surface area contributed by atoms with E-state index in [-0.39, 0.29) is 11.7 Å². The fourth-order valence-corrected chi connectivity index (χ4v) is 2.50. The summed E-state index contributed by atoms with van der Waals surface area (Å²) < 4.78 is 0. The van der Waals surface area contributed by atoms with Crippen molar-refractivity contribution in [2.75, 3.05) is 6.54 Å². The molecule has 0 aliphatic heterocycles. The number of rotatable bonds is 5. The summed E-state index contributed by atoms with van der Waals surface area (Å²) in [4.78, 5) is 21.0. The fraction of sp³-hybridized carbons (Fsp3) is 0.250. The Morgan fingerprint density at radius 1 is 1.10 bits per heavy atom. The van der Waals surface area contributed by atoms with E-state index in [1.165, 1.54) is 0 Å². The Balaban J connectivity index is 2.02. The Hall–Kier alpha value is -2.40. The highest BCUT2D eigenvalue weighted by atomic mass is 16.1. The predicted octanol–water partition coefficient (Wildman–Crippen LogP) is 2.34. The van der Waals surface area contributed by atoms with Gasteiger partial charge < -0.3 is 15.3 Å². The third-order valence-corrected chi connectivity index (χ3v) is 3.51. The average molecular weight is 282 g/mol. The molecule has 0 amide bonds. The van der Waals surface area contributed by atoms with Crippen LogP contribution in [0, 0.1) is 0 Å². The van der Waals surface area contributed by atoms with Gasteiger partial charge in [-0.3, -0.25) is 4.98 Å². The van der Waals surface area contributed by atoms with Crippen LogP contribution < -0.4 is 11.0 Å². The van der Waals surface area contributed by atoms with E-state index < -0.39 is 0 Å². The highest BCUT2D eigenvalue weighted by molar-refractivity contribution is 5.75. The lowest BCUT2D eigenvalue weighted by Gasteiger charge is -2.19. The van der Waals surface area contributed by atoms with Crippen molar-refractivity contribution < 1.29 is 0 Å². The first-order chi connectivity index (χ1) is 10.3. The molecule has 1 atom stereocenters. The fourth-order valence-electron chi connectivity index (χ4n) is 2.50. The normalized spacial score (nSPS) is 12.6. The number of benzene rings is 1. The first kappa shape index (κ1) is 13.6. The standard InChI is InChI=1S/C16H18N4O/c1-2-7-18-15(11-5-8-17-9-6-11)12-3-4-13-14(10-12)20-16(21)19-13/h3-6,8-10,15,18H,2,7H2,1H3,(H2,19,20,21). The molecule has 21 heavy (non-hydrogen) atoms. The smallest absolute Gasteiger partial charge is 0.306 e. The van der Waals surface area contributed by atoms with Crippen molar-refractivity contribution >= 4 is 11.0 Å². The third-order valence-electron chi connectivity index (χ3n) is 3.51. The van der Waals surface area contributed by atoms with Gasteiger partial charge in [0.05, 0.1) is 17.1 Å². The maximum Gasteiger partial charge on any atom is 0.323 e. The van der Waals surface area contributed by atoms with Crippen LogP contribution in [0.15, 0.2) is 47.5 Å². The Kier molecular flexibility index (Phi) is 3.83. The van der Waals surface area contributed by atoms with E-state index in [0.717, 1.165) is 35.1 Å². The van der Waals surface area contributed by atoms with Crippen molar-refractivity contribution in [2.45, 2.75) is 19.4 Å². The van der Waals surface area contributed by atoms with Gasteiger partial charge in [0.25, 0.3) is 0 Å². The van der Waals surface area contributed by atoms with Gasteiger partial charge in [0.1, 0.15) is 0 Å². The van der Waals surface area contributed by atoms with Crippen LogP contribution in [-0.4, -0.2) is 21.5 Å². The first-order valence-electron chi connectivity index (χ1n) is 7.13. The van der Waals surface area contributed by atoms with Crippen LogP contribution in [0.5, 0.6) is 0 Å². The minimum absolute atomic E-state index is 0.0933. The maximum absolute atomic E-state index is 11.4. The molecule has 0 saturated carbocycles. The molecule has 2 heterocycles. The molecule has 0 bridgehead atoms. The molecule has 3 aromatic rings. The van der Waals surface area contributed by atoms with Crippen LogP contribution in [-0.2, 0) is 0 Å². The molecule has 0 radical (unpaired) electrons. The van der Waals surface area contributed by atoms with E-state index in [0.29, 0.717) is 0 Å². The molecule has 5 heteroatoms. The van der Waals surface area contributed by atoms with Gasteiger partial charge in [0.15, 0.2) is 0 Å². The zero-order valence-electron chi connectivity index (χ0n) is 11.9. The highest BCUT2D eigenvalue weighted by Gasteiger charge is 2.14. The van der Waals surface area contributed by atoms with Crippen LogP contribution in [0.2, 0.25) is 0 Å². The number of hydrogen-bond donors (Lipinski definition) is 3. The lowest BCUT2D eigenvalue weighted by molar-refractivity contribution is 0.598. The quantitative estimate of drug-likeness (QED) is 0.672. The molecule has 0 saturated heterocycles. The van der Waals surface area contributed by atoms with Gasteiger partial charge in [-0.25, -0.2) is 4.79 Å². The van der Waals surface area contributed by atoms with Crippen molar-refractivity contribution in [1.82, 2.24) is 20.3 Å². The van der Waals surface area contributed by atoms with Crippen molar-refractivity contribution in [3.05, 3.63) is 64.3 Å². The molecule has 0 fully saturated rings. The highest BCUT2D eigenvalue weighted by Crippen LogP contribution is 2.23. The molecule has 0 aliphatic rings. The molecule has 0 aliphatic carbocycles. The van der Waals surface area contributed by atoms with Gasteiger partial charge in [-0.05, 0) is 48.4 Å². The topological polar surface area (TPSA) is 73.6 Å². The number of pyridine rings is 1. The lowest BCUT2D eigenvalue weighted by Crippen LogP contribution is -2.23. The summed E-state index contributed by atoms with van der Waals surface area (Å²) in [6.07, 6.45) is 4.66. The number of nitrogens with one attached hydrogen (secondary N) is 3. The van der Waals surface area contributed by atoms with Crippen LogP contribution in [0.4, 0.5) is 0 Å². The number of imidazole rings is 1. The van der Waals surface area contributed by atoms with Crippen LogP contribution >= 0.6 is 0 Å². The summed E-state index contributed by atoms with van der Waals surface area (Å²) in [7, 11) is 0. The number of aromatic nitrogens is 3. The number of aromatic amines is 2. The number of fused-ring (bicyclic) bond motifs is 1. The zero-order valence-corrected chi connectivity index (χ0v) is 11.9. The van der Waals surface area contributed by atoms with Crippen molar-refractivity contribution in [2.24, 2.45) is 0 Å². The second-order valence-corrected chi connectivity index (χ2v) is 5.05. The lowest BCUT2D eigenvalue weighted by atomic mass is 9.99. The third kappa shape index (κ3) is 2.87. The molecule has 1 aromatic carbocycles. The Morgan fingerprint density at radius 3 is 2.62 bits per heavy atom. The molecule has 0 spiro atoms. The summed E-state index contributed by atoms with van der Waals surface area (Å²) in [5.74, 6) is 0. The minimum Gasteiger partial charge on any atom is -0.306 e. The van der Waals surface area contributed by atoms with E-state index >= 15 is 0 Å². The van der Waals surface area contributed by atoms with Crippen LogP contribution in [0.25, 0.3) is 11.0 Å². The van der Waals surface area contributed by atoms with Crippen molar-refractivity contribution in [3.8, 4) is 0 Å². The summed E-state index contributed by atoms with van der Waals surface area (Å²) in [6, 6.07) is 10.1. The summed E-state index contributed by atoms with van der Waals surface area (Å²) in [6.45, 7) is 3.07. The van der Waals surface area contributed by atoms with Crippen molar-refractivity contribution in [1.29, 1.82) is 0 Å². The van der Waals surface area contributed by atoms with Gasteiger partial charge in [-0.1, -0.05) is 13.0 Å². The summed E-state index contributed by atoms with van der Waals surface area (Å²) in [5.41, 5.74) is 3.76. The van der Waals surface area contributed by atoms with Crippen molar-refractivity contribution in [3.63, 3.8) is 0 Å². The van der Waals surface area contributed by atoms with E-state index in [9.17, 15) is 4.79 Å². The van der Waals surface area contributed by atoms with E-state index in [1.54, 1.807) is 12.4 Å². The second kappa shape index (κ2) is 5.93.